The molecule has 0 aliphatic heterocycles. The molecule has 1 aromatic carbocycles. The van der Waals surface area contributed by atoms with Crippen molar-refractivity contribution in [1.29, 1.82) is 0 Å². The maximum absolute atomic E-state index is 5.28. The number of hydrogen-bond acceptors (Lipinski definition) is 2. The number of aryl methyl sites for hydroxylation is 1. The van der Waals surface area contributed by atoms with Gasteiger partial charge in [-0.3, -0.25) is 0 Å². The summed E-state index contributed by atoms with van der Waals surface area (Å²) in [5.74, 6) is 0.993. The Morgan fingerprint density at radius 1 is 1.11 bits per heavy atom. The van der Waals surface area contributed by atoms with Crippen LogP contribution in [0.15, 0.2) is 53.3 Å². The molecule has 0 atom stereocenters. The van der Waals surface area contributed by atoms with Crippen molar-refractivity contribution in [3.05, 3.63) is 60.2 Å². The molecule has 0 aliphatic rings. The number of H-pyrrole nitrogens is 1. The lowest BCUT2D eigenvalue weighted by atomic mass is 10.1. The minimum atomic E-state index is 0.806. The number of aromatic amines is 1. The van der Waals surface area contributed by atoms with Gasteiger partial charge < -0.3 is 14.7 Å². The molecule has 0 radical (unpaired) electrons. The molecular formula is C16H18N2O. The van der Waals surface area contributed by atoms with Gasteiger partial charge in [0, 0.05) is 17.1 Å². The molecular weight excluding hydrogens is 236 g/mol. The topological polar surface area (TPSA) is 41.0 Å². The van der Waals surface area contributed by atoms with Crippen LogP contribution in [-0.2, 0) is 13.0 Å². The Kier molecular flexibility index (Phi) is 3.65. The highest BCUT2D eigenvalue weighted by molar-refractivity contribution is 5.82. The van der Waals surface area contributed by atoms with Crippen molar-refractivity contribution in [1.82, 2.24) is 10.3 Å². The smallest absolute Gasteiger partial charge is 0.117 e. The first-order chi connectivity index (χ1) is 9.43. The number of rotatable bonds is 6. The maximum atomic E-state index is 5.28. The van der Waals surface area contributed by atoms with Crippen molar-refractivity contribution in [2.24, 2.45) is 0 Å². The van der Waals surface area contributed by atoms with Crippen LogP contribution in [0.1, 0.15) is 17.7 Å². The molecule has 3 heteroatoms. The van der Waals surface area contributed by atoms with E-state index in [9.17, 15) is 0 Å². The van der Waals surface area contributed by atoms with Gasteiger partial charge in [-0.05, 0) is 43.1 Å². The Labute approximate surface area is 112 Å². The Morgan fingerprint density at radius 2 is 2.05 bits per heavy atom. The molecule has 19 heavy (non-hydrogen) atoms. The van der Waals surface area contributed by atoms with Crippen LogP contribution in [0, 0.1) is 0 Å². The number of aromatic nitrogens is 1. The van der Waals surface area contributed by atoms with Gasteiger partial charge in [-0.2, -0.15) is 0 Å². The summed E-state index contributed by atoms with van der Waals surface area (Å²) >= 11 is 0. The molecule has 0 saturated carbocycles. The largest absolute Gasteiger partial charge is 0.468 e. The summed E-state index contributed by atoms with van der Waals surface area (Å²) in [6.45, 7) is 1.81. The molecule has 0 aliphatic carbocycles. The van der Waals surface area contributed by atoms with E-state index in [1.807, 2.05) is 12.1 Å². The lowest BCUT2D eigenvalue weighted by Crippen LogP contribution is -2.14. The third-order valence-electron chi connectivity index (χ3n) is 3.35. The molecule has 0 bridgehead atoms. The number of furan rings is 1. The first-order valence-corrected chi connectivity index (χ1v) is 6.71. The molecule has 0 fully saturated rings. The highest BCUT2D eigenvalue weighted by Crippen LogP contribution is 2.18. The number of para-hydroxylation sites is 1. The monoisotopic (exact) mass is 254 g/mol. The van der Waals surface area contributed by atoms with Gasteiger partial charge in [-0.1, -0.05) is 18.2 Å². The third kappa shape index (κ3) is 2.88. The Morgan fingerprint density at radius 3 is 2.95 bits per heavy atom. The molecule has 0 spiro atoms. The highest BCUT2D eigenvalue weighted by Gasteiger charge is 2.02. The summed E-state index contributed by atoms with van der Waals surface area (Å²) < 4.78 is 5.28. The van der Waals surface area contributed by atoms with Crippen molar-refractivity contribution in [2.45, 2.75) is 19.4 Å². The van der Waals surface area contributed by atoms with Crippen molar-refractivity contribution >= 4 is 10.9 Å². The van der Waals surface area contributed by atoms with Gasteiger partial charge in [0.05, 0.1) is 12.8 Å². The van der Waals surface area contributed by atoms with Crippen LogP contribution in [0.3, 0.4) is 0 Å². The molecule has 2 aromatic heterocycles. The SMILES string of the molecule is c1coc(CNCCCc2c[nH]c3ccccc23)c1. The second-order valence-corrected chi connectivity index (χ2v) is 4.72. The van der Waals surface area contributed by atoms with Gasteiger partial charge >= 0.3 is 0 Å². The van der Waals surface area contributed by atoms with Crippen LogP contribution < -0.4 is 5.32 Å². The molecule has 0 saturated heterocycles. The van der Waals surface area contributed by atoms with E-state index in [4.69, 9.17) is 4.42 Å². The number of hydrogen-bond donors (Lipinski definition) is 2. The van der Waals surface area contributed by atoms with Crippen LogP contribution >= 0.6 is 0 Å². The summed E-state index contributed by atoms with van der Waals surface area (Å²) in [5, 5.41) is 4.74. The van der Waals surface area contributed by atoms with Crippen LogP contribution in [0.4, 0.5) is 0 Å². The van der Waals surface area contributed by atoms with Gasteiger partial charge in [0.2, 0.25) is 0 Å². The summed E-state index contributed by atoms with van der Waals surface area (Å²) in [6.07, 6.45) is 6.05. The standard InChI is InChI=1S/C16H18N2O/c1-2-8-16-15(7-1)13(11-18-16)5-3-9-17-12-14-6-4-10-19-14/h1-2,4,6-8,10-11,17-18H,3,5,9,12H2. The van der Waals surface area contributed by atoms with E-state index in [-0.39, 0.29) is 0 Å². The summed E-state index contributed by atoms with van der Waals surface area (Å²) in [6, 6.07) is 12.4. The fourth-order valence-electron chi connectivity index (χ4n) is 2.37. The van der Waals surface area contributed by atoms with Crippen LogP contribution in [0.25, 0.3) is 10.9 Å². The van der Waals surface area contributed by atoms with Crippen molar-refractivity contribution in [2.75, 3.05) is 6.54 Å². The number of nitrogens with one attached hydrogen (secondary N) is 2. The van der Waals surface area contributed by atoms with Gasteiger partial charge in [0.15, 0.2) is 0 Å². The minimum absolute atomic E-state index is 0.806. The summed E-state index contributed by atoms with van der Waals surface area (Å²) in [5.41, 5.74) is 2.62. The first-order valence-electron chi connectivity index (χ1n) is 6.71. The second-order valence-electron chi connectivity index (χ2n) is 4.72. The van der Waals surface area contributed by atoms with Crippen LogP contribution in [0.5, 0.6) is 0 Å². The molecule has 2 heterocycles. The predicted octanol–water partition coefficient (Wildman–Crippen LogP) is 3.48. The van der Waals surface area contributed by atoms with Crippen molar-refractivity contribution in [3.8, 4) is 0 Å². The normalized spacial score (nSPS) is 11.2. The van der Waals surface area contributed by atoms with Gasteiger partial charge in [-0.15, -0.1) is 0 Å². The van der Waals surface area contributed by atoms with Crippen molar-refractivity contribution < 1.29 is 4.42 Å². The molecule has 3 aromatic rings. The third-order valence-corrected chi connectivity index (χ3v) is 3.35. The van der Waals surface area contributed by atoms with E-state index in [0.29, 0.717) is 0 Å². The Bertz CT molecular complexity index is 625. The van der Waals surface area contributed by atoms with E-state index in [1.54, 1.807) is 6.26 Å². The maximum Gasteiger partial charge on any atom is 0.117 e. The lowest BCUT2D eigenvalue weighted by Gasteiger charge is -2.02. The molecule has 2 N–H and O–H groups in total. The predicted molar refractivity (Wildman–Crippen MR) is 77.0 cm³/mol. The average Bonchev–Trinajstić information content (AvgIpc) is 3.08. The van der Waals surface area contributed by atoms with Gasteiger partial charge in [0.1, 0.15) is 5.76 Å². The zero-order valence-corrected chi connectivity index (χ0v) is 10.9. The molecule has 3 nitrogen and oxygen atoms in total. The van der Waals surface area contributed by atoms with E-state index >= 15 is 0 Å². The van der Waals surface area contributed by atoms with E-state index in [0.717, 1.165) is 31.7 Å². The van der Waals surface area contributed by atoms with Gasteiger partial charge in [0.25, 0.3) is 0 Å². The number of benzene rings is 1. The number of fused-ring (bicyclic) bond motifs is 1. The molecule has 3 rings (SSSR count). The van der Waals surface area contributed by atoms with E-state index in [2.05, 4.69) is 40.8 Å². The van der Waals surface area contributed by atoms with Gasteiger partial charge in [-0.25, -0.2) is 0 Å². The lowest BCUT2D eigenvalue weighted by molar-refractivity contribution is 0.481. The average molecular weight is 254 g/mol. The van der Waals surface area contributed by atoms with Crippen molar-refractivity contribution in [3.63, 3.8) is 0 Å². The molecule has 98 valence electrons. The molecule has 0 unspecified atom stereocenters. The fourth-order valence-corrected chi connectivity index (χ4v) is 2.37. The summed E-state index contributed by atoms with van der Waals surface area (Å²) in [7, 11) is 0. The Hall–Kier alpha value is -2.00. The minimum Gasteiger partial charge on any atom is -0.468 e. The van der Waals surface area contributed by atoms with E-state index < -0.39 is 0 Å². The fraction of sp³-hybridized carbons (Fsp3) is 0.250. The zero-order valence-electron chi connectivity index (χ0n) is 10.9. The quantitative estimate of drug-likeness (QED) is 0.661. The summed E-state index contributed by atoms with van der Waals surface area (Å²) in [4.78, 5) is 3.32. The molecule has 0 amide bonds. The Balaban J connectivity index is 1.47. The van der Waals surface area contributed by atoms with E-state index in [1.165, 1.54) is 16.5 Å². The zero-order chi connectivity index (χ0) is 12.9. The highest BCUT2D eigenvalue weighted by atomic mass is 16.3. The first kappa shape index (κ1) is 12.1. The van der Waals surface area contributed by atoms with Crippen LogP contribution in [-0.4, -0.2) is 11.5 Å². The second kappa shape index (κ2) is 5.76. The van der Waals surface area contributed by atoms with Crippen LogP contribution in [0.2, 0.25) is 0 Å².